The molecular formula is C10H17O3. The Kier molecular flexibility index (Phi) is 6.20. The summed E-state index contributed by atoms with van der Waals surface area (Å²) in [6.45, 7) is 5.88. The summed E-state index contributed by atoms with van der Waals surface area (Å²) in [6.07, 6.45) is 1.29. The highest BCUT2D eigenvalue weighted by Gasteiger charge is 2.10. The van der Waals surface area contributed by atoms with Crippen LogP contribution in [0.3, 0.4) is 0 Å². The predicted molar refractivity (Wildman–Crippen MR) is 50.1 cm³/mol. The maximum Gasteiger partial charge on any atom is 0.306 e. The highest BCUT2D eigenvalue weighted by molar-refractivity contribution is 5.92. The first-order valence-corrected chi connectivity index (χ1v) is 4.57. The van der Waals surface area contributed by atoms with Crippen LogP contribution in [0, 0.1) is 5.92 Å². The van der Waals surface area contributed by atoms with Gasteiger partial charge in [-0.25, -0.2) is 0 Å². The van der Waals surface area contributed by atoms with Crippen molar-refractivity contribution in [3.63, 3.8) is 0 Å². The fourth-order valence-corrected chi connectivity index (χ4v) is 0.754. The Morgan fingerprint density at radius 2 is 1.77 bits per heavy atom. The molecule has 0 saturated heterocycles. The van der Waals surface area contributed by atoms with Crippen molar-refractivity contribution in [2.45, 2.75) is 40.0 Å². The van der Waals surface area contributed by atoms with E-state index < -0.39 is 0 Å². The Balaban J connectivity index is 3.52. The molecule has 0 aromatic carbocycles. The zero-order valence-electron chi connectivity index (χ0n) is 8.55. The van der Waals surface area contributed by atoms with E-state index in [2.05, 4.69) is 0 Å². The monoisotopic (exact) mass is 185 g/mol. The minimum atomic E-state index is -0.281. The molecule has 1 radical (unpaired) electrons. The molecular weight excluding hydrogens is 168 g/mol. The molecule has 0 rings (SSSR count). The number of rotatable bonds is 6. The lowest BCUT2D eigenvalue weighted by Crippen LogP contribution is -2.10. The number of hydrogen-bond donors (Lipinski definition) is 0. The number of carbonyl (C=O) groups excluding carboxylic acids is 2. The van der Waals surface area contributed by atoms with Crippen LogP contribution >= 0.6 is 0 Å². The molecule has 0 aliphatic heterocycles. The highest BCUT2D eigenvalue weighted by atomic mass is 16.5. The van der Waals surface area contributed by atoms with E-state index in [1.807, 2.05) is 6.92 Å². The SMILES string of the molecule is CCCOC(=O)CCC(=O)[C](C)C. The highest BCUT2D eigenvalue weighted by Crippen LogP contribution is 2.04. The van der Waals surface area contributed by atoms with Crippen LogP contribution in [0.2, 0.25) is 0 Å². The fraction of sp³-hybridized carbons (Fsp3) is 0.700. The van der Waals surface area contributed by atoms with Crippen molar-refractivity contribution >= 4 is 11.8 Å². The van der Waals surface area contributed by atoms with Gasteiger partial charge in [-0.15, -0.1) is 0 Å². The van der Waals surface area contributed by atoms with E-state index in [4.69, 9.17) is 4.74 Å². The lowest BCUT2D eigenvalue weighted by Gasteiger charge is -2.03. The van der Waals surface area contributed by atoms with Gasteiger partial charge in [-0.1, -0.05) is 20.8 Å². The molecule has 0 unspecified atom stereocenters. The average Bonchev–Trinajstić information content (AvgIpc) is 2.10. The third kappa shape index (κ3) is 6.31. The molecule has 0 aliphatic rings. The van der Waals surface area contributed by atoms with E-state index in [0.29, 0.717) is 6.61 Å². The van der Waals surface area contributed by atoms with Crippen molar-refractivity contribution in [1.29, 1.82) is 0 Å². The molecule has 0 atom stereocenters. The van der Waals surface area contributed by atoms with Gasteiger partial charge in [0.1, 0.15) is 5.78 Å². The van der Waals surface area contributed by atoms with Crippen molar-refractivity contribution in [3.8, 4) is 0 Å². The van der Waals surface area contributed by atoms with Gasteiger partial charge in [0.2, 0.25) is 0 Å². The summed E-state index contributed by atoms with van der Waals surface area (Å²) in [7, 11) is 0. The molecule has 3 nitrogen and oxygen atoms in total. The molecule has 0 bridgehead atoms. The van der Waals surface area contributed by atoms with Crippen LogP contribution < -0.4 is 0 Å². The summed E-state index contributed by atoms with van der Waals surface area (Å²) in [5, 5.41) is 0. The molecule has 0 amide bonds. The predicted octanol–water partition coefficient (Wildman–Crippen LogP) is 1.90. The number of ether oxygens (including phenoxy) is 1. The third-order valence-electron chi connectivity index (χ3n) is 1.58. The summed E-state index contributed by atoms with van der Waals surface area (Å²) in [5.41, 5.74) is 0. The molecule has 0 spiro atoms. The molecule has 0 aliphatic carbocycles. The molecule has 0 N–H and O–H groups in total. The van der Waals surface area contributed by atoms with E-state index >= 15 is 0 Å². The summed E-state index contributed by atoms with van der Waals surface area (Å²) in [5.74, 6) is 0.494. The van der Waals surface area contributed by atoms with Crippen LogP contribution in [0.4, 0.5) is 0 Å². The molecule has 75 valence electrons. The summed E-state index contributed by atoms with van der Waals surface area (Å²) < 4.78 is 4.82. The van der Waals surface area contributed by atoms with Crippen molar-refractivity contribution < 1.29 is 14.3 Å². The summed E-state index contributed by atoms with van der Waals surface area (Å²) in [6, 6.07) is 0. The summed E-state index contributed by atoms with van der Waals surface area (Å²) >= 11 is 0. The van der Waals surface area contributed by atoms with Gasteiger partial charge in [0.25, 0.3) is 0 Å². The van der Waals surface area contributed by atoms with E-state index in [9.17, 15) is 9.59 Å². The molecule has 0 aromatic rings. The second-order valence-electron chi connectivity index (χ2n) is 3.14. The van der Waals surface area contributed by atoms with Gasteiger partial charge in [-0.2, -0.15) is 0 Å². The molecule has 0 aromatic heterocycles. The second-order valence-corrected chi connectivity index (χ2v) is 3.14. The quantitative estimate of drug-likeness (QED) is 0.593. The van der Waals surface area contributed by atoms with Gasteiger partial charge in [0.15, 0.2) is 0 Å². The van der Waals surface area contributed by atoms with E-state index in [1.54, 1.807) is 13.8 Å². The second kappa shape index (κ2) is 6.63. The number of Topliss-reactive ketones (excluding diaryl/α,β-unsaturated/α-hetero) is 1. The Labute approximate surface area is 79.5 Å². The fourth-order valence-electron chi connectivity index (χ4n) is 0.754. The molecule has 0 saturated carbocycles. The molecule has 0 heterocycles. The van der Waals surface area contributed by atoms with Crippen LogP contribution in [0.25, 0.3) is 0 Å². The molecule has 0 fully saturated rings. The van der Waals surface area contributed by atoms with E-state index in [1.165, 1.54) is 0 Å². The van der Waals surface area contributed by atoms with Crippen LogP contribution in [-0.2, 0) is 14.3 Å². The molecule has 13 heavy (non-hydrogen) atoms. The lowest BCUT2D eigenvalue weighted by molar-refractivity contribution is -0.144. The van der Waals surface area contributed by atoms with Gasteiger partial charge in [-0.05, 0) is 6.42 Å². The van der Waals surface area contributed by atoms with Crippen LogP contribution in [0.15, 0.2) is 0 Å². The first kappa shape index (κ1) is 12.1. The largest absolute Gasteiger partial charge is 0.466 e. The minimum absolute atomic E-state index is 0.0356. The zero-order valence-corrected chi connectivity index (χ0v) is 8.55. The Hall–Kier alpha value is -0.860. The van der Waals surface area contributed by atoms with E-state index in [-0.39, 0.29) is 24.6 Å². The number of carbonyl (C=O) groups is 2. The van der Waals surface area contributed by atoms with Gasteiger partial charge in [0.05, 0.1) is 13.0 Å². The first-order chi connectivity index (χ1) is 6.07. The third-order valence-corrected chi connectivity index (χ3v) is 1.58. The lowest BCUT2D eigenvalue weighted by atomic mass is 10.1. The topological polar surface area (TPSA) is 43.4 Å². The Bertz CT molecular complexity index is 173. The Morgan fingerprint density at radius 3 is 2.23 bits per heavy atom. The van der Waals surface area contributed by atoms with Gasteiger partial charge in [0, 0.05) is 12.3 Å². The smallest absolute Gasteiger partial charge is 0.306 e. The number of ketones is 1. The van der Waals surface area contributed by atoms with Crippen LogP contribution in [-0.4, -0.2) is 18.4 Å². The Morgan fingerprint density at radius 1 is 1.15 bits per heavy atom. The standard InChI is InChI=1S/C10H17O3/c1-4-7-13-10(12)6-5-9(11)8(2)3/h4-7H2,1-3H3. The van der Waals surface area contributed by atoms with Crippen molar-refractivity contribution in [2.75, 3.05) is 6.61 Å². The van der Waals surface area contributed by atoms with Crippen molar-refractivity contribution in [1.82, 2.24) is 0 Å². The van der Waals surface area contributed by atoms with Crippen LogP contribution in [0.5, 0.6) is 0 Å². The normalized spacial score (nSPS) is 10.2. The van der Waals surface area contributed by atoms with Gasteiger partial charge in [-0.3, -0.25) is 9.59 Å². The van der Waals surface area contributed by atoms with Crippen LogP contribution in [0.1, 0.15) is 40.0 Å². The number of hydrogen-bond acceptors (Lipinski definition) is 3. The summed E-state index contributed by atoms with van der Waals surface area (Å²) in [4.78, 5) is 22.0. The molecule has 3 heteroatoms. The minimum Gasteiger partial charge on any atom is -0.466 e. The van der Waals surface area contributed by atoms with Crippen molar-refractivity contribution in [3.05, 3.63) is 5.92 Å². The maximum absolute atomic E-state index is 11.1. The number of esters is 1. The van der Waals surface area contributed by atoms with Crippen molar-refractivity contribution in [2.24, 2.45) is 0 Å². The van der Waals surface area contributed by atoms with Gasteiger partial charge >= 0.3 is 5.97 Å². The average molecular weight is 185 g/mol. The van der Waals surface area contributed by atoms with Gasteiger partial charge < -0.3 is 4.74 Å². The van der Waals surface area contributed by atoms with E-state index in [0.717, 1.165) is 12.3 Å². The maximum atomic E-state index is 11.1. The first-order valence-electron chi connectivity index (χ1n) is 4.57. The zero-order chi connectivity index (χ0) is 10.3.